The number of amides is 1. The molecule has 1 aromatic heterocycles. The lowest BCUT2D eigenvalue weighted by molar-refractivity contribution is -0.137. The minimum absolute atomic E-state index is 0.145. The number of aliphatic carboxylic acids is 1. The molecule has 4 nitrogen and oxygen atoms in total. The van der Waals surface area contributed by atoms with Gasteiger partial charge in [0.05, 0.1) is 18.0 Å². The van der Waals surface area contributed by atoms with Gasteiger partial charge in [0.2, 0.25) is 0 Å². The molecule has 2 rings (SSSR count). The van der Waals surface area contributed by atoms with Gasteiger partial charge in [-0.25, -0.2) is 0 Å². The van der Waals surface area contributed by atoms with Gasteiger partial charge in [-0.2, -0.15) is 11.3 Å². The second-order valence-corrected chi connectivity index (χ2v) is 6.49. The summed E-state index contributed by atoms with van der Waals surface area (Å²) in [7, 11) is 0. The van der Waals surface area contributed by atoms with Crippen LogP contribution in [0.3, 0.4) is 0 Å². The monoisotopic (exact) mass is 335 g/mol. The van der Waals surface area contributed by atoms with E-state index in [2.05, 4.69) is 5.32 Å². The van der Waals surface area contributed by atoms with Gasteiger partial charge in [0.15, 0.2) is 0 Å². The van der Waals surface area contributed by atoms with Crippen LogP contribution in [0, 0.1) is 6.92 Å². The molecule has 1 heterocycles. The lowest BCUT2D eigenvalue weighted by Gasteiger charge is -2.18. The van der Waals surface area contributed by atoms with E-state index in [0.29, 0.717) is 5.56 Å². The second-order valence-electron chi connectivity index (χ2n) is 4.87. The SMILES string of the molecule is CSc1ccc(C(CC(=O)O)NC(=O)c2cscc2C)cc1. The van der Waals surface area contributed by atoms with Crippen LogP contribution >= 0.6 is 23.1 Å². The van der Waals surface area contributed by atoms with Crippen LogP contribution < -0.4 is 5.32 Å². The minimum atomic E-state index is -0.943. The maximum Gasteiger partial charge on any atom is 0.305 e. The van der Waals surface area contributed by atoms with E-state index in [1.807, 2.05) is 42.8 Å². The van der Waals surface area contributed by atoms with E-state index in [1.54, 1.807) is 17.1 Å². The first kappa shape index (κ1) is 16.6. The fourth-order valence-corrected chi connectivity index (χ4v) is 3.33. The molecule has 2 N–H and O–H groups in total. The van der Waals surface area contributed by atoms with Gasteiger partial charge in [0.1, 0.15) is 0 Å². The number of carboxylic acid groups (broad SMARTS) is 1. The van der Waals surface area contributed by atoms with E-state index in [4.69, 9.17) is 5.11 Å². The van der Waals surface area contributed by atoms with Gasteiger partial charge < -0.3 is 10.4 Å². The molecule has 0 bridgehead atoms. The Morgan fingerprint density at radius 2 is 1.95 bits per heavy atom. The highest BCUT2D eigenvalue weighted by atomic mass is 32.2. The van der Waals surface area contributed by atoms with Gasteiger partial charge in [0.25, 0.3) is 5.91 Å². The van der Waals surface area contributed by atoms with E-state index in [-0.39, 0.29) is 12.3 Å². The number of hydrogen-bond donors (Lipinski definition) is 2. The topological polar surface area (TPSA) is 66.4 Å². The maximum absolute atomic E-state index is 12.3. The second kappa shape index (κ2) is 7.47. The van der Waals surface area contributed by atoms with Crippen LogP contribution in [0.25, 0.3) is 0 Å². The number of carboxylic acids is 1. The first-order valence-corrected chi connectivity index (χ1v) is 8.87. The smallest absolute Gasteiger partial charge is 0.305 e. The average molecular weight is 335 g/mol. The summed E-state index contributed by atoms with van der Waals surface area (Å²) in [6.45, 7) is 1.87. The summed E-state index contributed by atoms with van der Waals surface area (Å²) < 4.78 is 0. The van der Waals surface area contributed by atoms with Crippen LogP contribution in [0.15, 0.2) is 39.9 Å². The molecule has 0 spiro atoms. The molecule has 0 saturated carbocycles. The summed E-state index contributed by atoms with van der Waals surface area (Å²) in [5, 5.41) is 15.6. The predicted octanol–water partition coefficient (Wildman–Crippen LogP) is 3.72. The number of thioether (sulfide) groups is 1. The molecule has 0 radical (unpaired) electrons. The first-order chi connectivity index (χ1) is 10.5. The Morgan fingerprint density at radius 1 is 1.27 bits per heavy atom. The van der Waals surface area contributed by atoms with Crippen molar-refractivity contribution >= 4 is 35.0 Å². The molecule has 22 heavy (non-hydrogen) atoms. The van der Waals surface area contributed by atoms with Crippen molar-refractivity contribution < 1.29 is 14.7 Å². The van der Waals surface area contributed by atoms with Gasteiger partial charge in [-0.3, -0.25) is 9.59 Å². The number of thiophene rings is 1. The van der Waals surface area contributed by atoms with Crippen molar-refractivity contribution in [2.45, 2.75) is 24.3 Å². The number of rotatable bonds is 6. The van der Waals surface area contributed by atoms with Crippen molar-refractivity contribution in [2.24, 2.45) is 0 Å². The number of benzene rings is 1. The average Bonchev–Trinajstić information content (AvgIpc) is 2.92. The lowest BCUT2D eigenvalue weighted by atomic mass is 10.0. The van der Waals surface area contributed by atoms with Crippen molar-refractivity contribution in [3.8, 4) is 0 Å². The van der Waals surface area contributed by atoms with E-state index >= 15 is 0 Å². The summed E-state index contributed by atoms with van der Waals surface area (Å²) in [5.74, 6) is -1.18. The first-order valence-electron chi connectivity index (χ1n) is 6.70. The predicted molar refractivity (Wildman–Crippen MR) is 89.7 cm³/mol. The number of nitrogens with one attached hydrogen (secondary N) is 1. The number of aryl methyl sites for hydroxylation is 1. The van der Waals surface area contributed by atoms with Gasteiger partial charge in [0, 0.05) is 10.3 Å². The summed E-state index contributed by atoms with van der Waals surface area (Å²) in [5.41, 5.74) is 2.29. The number of carbonyl (C=O) groups is 2. The Morgan fingerprint density at radius 3 is 2.45 bits per heavy atom. The van der Waals surface area contributed by atoms with Crippen molar-refractivity contribution in [1.29, 1.82) is 0 Å². The van der Waals surface area contributed by atoms with Gasteiger partial charge in [-0.05, 0) is 41.8 Å². The zero-order chi connectivity index (χ0) is 16.1. The molecule has 0 aliphatic heterocycles. The fraction of sp³-hybridized carbons (Fsp3) is 0.250. The standard InChI is InChI=1S/C16H17NO3S2/c1-10-8-22-9-13(10)16(20)17-14(7-15(18)19)11-3-5-12(21-2)6-4-11/h3-6,8-9,14H,7H2,1-2H3,(H,17,20)(H,18,19). The minimum Gasteiger partial charge on any atom is -0.481 e. The van der Waals surface area contributed by atoms with Crippen molar-refractivity contribution in [3.63, 3.8) is 0 Å². The van der Waals surface area contributed by atoms with E-state index < -0.39 is 12.0 Å². The molecule has 1 amide bonds. The van der Waals surface area contributed by atoms with Gasteiger partial charge in [-0.1, -0.05) is 12.1 Å². The Balaban J connectivity index is 2.20. The normalized spacial score (nSPS) is 11.9. The van der Waals surface area contributed by atoms with E-state index in [1.165, 1.54) is 11.3 Å². The number of hydrogen-bond acceptors (Lipinski definition) is 4. The molecule has 0 saturated heterocycles. The Hall–Kier alpha value is -1.79. The summed E-state index contributed by atoms with van der Waals surface area (Å²) in [6, 6.07) is 7.04. The molecule has 0 aliphatic rings. The Bertz CT molecular complexity index is 664. The van der Waals surface area contributed by atoms with Crippen LogP contribution in [0.4, 0.5) is 0 Å². The summed E-state index contributed by atoms with van der Waals surface area (Å²) >= 11 is 3.07. The molecular weight excluding hydrogens is 318 g/mol. The zero-order valence-corrected chi connectivity index (χ0v) is 14.0. The molecule has 0 aliphatic carbocycles. The Labute approximate surface area is 137 Å². The summed E-state index contributed by atoms with van der Waals surface area (Å²) in [4.78, 5) is 24.5. The van der Waals surface area contributed by atoms with Gasteiger partial charge in [-0.15, -0.1) is 11.8 Å². The quantitative estimate of drug-likeness (QED) is 0.790. The fourth-order valence-electron chi connectivity index (χ4n) is 2.09. The highest BCUT2D eigenvalue weighted by Gasteiger charge is 2.20. The molecule has 1 atom stereocenters. The zero-order valence-electron chi connectivity index (χ0n) is 12.3. The van der Waals surface area contributed by atoms with E-state index in [9.17, 15) is 9.59 Å². The maximum atomic E-state index is 12.3. The molecule has 1 unspecified atom stereocenters. The molecule has 2 aromatic rings. The largest absolute Gasteiger partial charge is 0.481 e. The molecular formula is C16H17NO3S2. The van der Waals surface area contributed by atoms with Crippen molar-refractivity contribution in [3.05, 3.63) is 51.7 Å². The van der Waals surface area contributed by atoms with Crippen molar-refractivity contribution in [1.82, 2.24) is 5.32 Å². The number of carbonyl (C=O) groups excluding carboxylic acids is 1. The van der Waals surface area contributed by atoms with Crippen LogP contribution in [-0.2, 0) is 4.79 Å². The van der Waals surface area contributed by atoms with Crippen LogP contribution in [0.5, 0.6) is 0 Å². The Kier molecular flexibility index (Phi) is 5.63. The third-order valence-corrected chi connectivity index (χ3v) is 4.91. The third-order valence-electron chi connectivity index (χ3n) is 3.30. The molecule has 1 aromatic carbocycles. The highest BCUT2D eigenvalue weighted by Crippen LogP contribution is 2.22. The van der Waals surface area contributed by atoms with Crippen LogP contribution in [0.1, 0.15) is 33.9 Å². The van der Waals surface area contributed by atoms with E-state index in [0.717, 1.165) is 16.0 Å². The van der Waals surface area contributed by atoms with Crippen LogP contribution in [0.2, 0.25) is 0 Å². The molecule has 0 fully saturated rings. The van der Waals surface area contributed by atoms with Crippen LogP contribution in [-0.4, -0.2) is 23.2 Å². The lowest BCUT2D eigenvalue weighted by Crippen LogP contribution is -2.30. The third kappa shape index (κ3) is 4.11. The van der Waals surface area contributed by atoms with Gasteiger partial charge >= 0.3 is 5.97 Å². The summed E-state index contributed by atoms with van der Waals surface area (Å²) in [6.07, 6.45) is 1.83. The highest BCUT2D eigenvalue weighted by molar-refractivity contribution is 7.98. The van der Waals surface area contributed by atoms with Crippen molar-refractivity contribution in [2.75, 3.05) is 6.26 Å². The molecule has 6 heteroatoms. The molecule has 116 valence electrons.